The second kappa shape index (κ2) is 5.70. The van der Waals surface area contributed by atoms with E-state index < -0.39 is 12.1 Å². The summed E-state index contributed by atoms with van der Waals surface area (Å²) in [6, 6.07) is 2.51. The summed E-state index contributed by atoms with van der Waals surface area (Å²) in [7, 11) is 1.63. The van der Waals surface area contributed by atoms with E-state index in [1.807, 2.05) is 0 Å². The van der Waals surface area contributed by atoms with Gasteiger partial charge in [0.2, 0.25) is 5.91 Å². The van der Waals surface area contributed by atoms with E-state index in [-0.39, 0.29) is 29.7 Å². The van der Waals surface area contributed by atoms with Crippen LogP contribution in [0.1, 0.15) is 6.92 Å². The molecule has 2 aromatic heterocycles. The lowest BCUT2D eigenvalue weighted by molar-refractivity contribution is -0.118. The molecule has 2 aliphatic rings. The quantitative estimate of drug-likeness (QED) is 0.618. The smallest absolute Gasteiger partial charge is 0.407 e. The van der Waals surface area contributed by atoms with Gasteiger partial charge in [-0.25, -0.2) is 9.78 Å². The van der Waals surface area contributed by atoms with Crippen molar-refractivity contribution in [1.82, 2.24) is 14.5 Å². The molecule has 0 aromatic carbocycles. The first-order chi connectivity index (χ1) is 12.3. The number of fused-ring (bicyclic) bond motifs is 5. The van der Waals surface area contributed by atoms with Crippen LogP contribution in [0.3, 0.4) is 0 Å². The summed E-state index contributed by atoms with van der Waals surface area (Å²) in [6.45, 7) is 2.11. The molecule has 10 heteroatoms. The van der Waals surface area contributed by atoms with Gasteiger partial charge < -0.3 is 24.8 Å². The molecule has 0 radical (unpaired) electrons. The number of hydrogen-bond donors (Lipinski definition) is 2. The van der Waals surface area contributed by atoms with E-state index in [0.29, 0.717) is 27.9 Å². The van der Waals surface area contributed by atoms with Crippen LogP contribution in [0, 0.1) is 0 Å². The van der Waals surface area contributed by atoms with Gasteiger partial charge in [0.25, 0.3) is 5.56 Å². The van der Waals surface area contributed by atoms with Crippen molar-refractivity contribution >= 4 is 50.3 Å². The second-order valence-corrected chi connectivity index (χ2v) is 7.34. The number of anilines is 2. The Morgan fingerprint density at radius 2 is 2.08 bits per heavy atom. The molecule has 2 amide bonds. The lowest BCUT2D eigenvalue weighted by Gasteiger charge is -2.47. The van der Waals surface area contributed by atoms with E-state index in [2.05, 4.69) is 26.2 Å². The zero-order valence-electron chi connectivity index (χ0n) is 14.1. The first kappa shape index (κ1) is 16.8. The second-order valence-electron chi connectivity index (χ2n) is 6.53. The third-order valence-electron chi connectivity index (χ3n) is 5.00. The van der Waals surface area contributed by atoms with Crippen molar-refractivity contribution in [3.8, 4) is 0 Å². The fourth-order valence-electron chi connectivity index (χ4n) is 3.68. The molecule has 26 heavy (non-hydrogen) atoms. The Bertz CT molecular complexity index is 1020. The molecule has 2 atom stereocenters. The van der Waals surface area contributed by atoms with Gasteiger partial charge in [0.05, 0.1) is 17.7 Å². The van der Waals surface area contributed by atoms with Crippen molar-refractivity contribution in [3.63, 3.8) is 0 Å². The molecule has 0 unspecified atom stereocenters. The highest BCUT2D eigenvalue weighted by molar-refractivity contribution is 9.10. The highest BCUT2D eigenvalue weighted by Crippen LogP contribution is 2.38. The van der Waals surface area contributed by atoms with Gasteiger partial charge in [-0.2, -0.15) is 0 Å². The molecule has 0 bridgehead atoms. The van der Waals surface area contributed by atoms with E-state index >= 15 is 0 Å². The number of carbonyl (C=O) groups is 2. The standard InChI is InChI=1S/C16H16BrN5O4/c1-7-5-22-9(6-21(7)16(25)26)14(23)19-12-13(22)11-8(20(2)15(12)24)3-4-10(17)18-11/h3-4,7,9H,5-6H2,1-2H3,(H,19,23)(H,25,26)/t7-,9-/m1/s1. The summed E-state index contributed by atoms with van der Waals surface area (Å²) in [4.78, 5) is 44.4. The number of aromatic nitrogens is 2. The third-order valence-corrected chi connectivity index (χ3v) is 5.45. The molecule has 4 heterocycles. The number of amides is 2. The molecule has 9 nitrogen and oxygen atoms in total. The number of carboxylic acid groups (broad SMARTS) is 1. The lowest BCUT2D eigenvalue weighted by atomic mass is 10.0. The molecule has 0 aliphatic carbocycles. The predicted molar refractivity (Wildman–Crippen MR) is 98.6 cm³/mol. The number of aryl methyl sites for hydroxylation is 1. The number of carbonyl (C=O) groups excluding carboxylic acids is 1. The summed E-state index contributed by atoms with van der Waals surface area (Å²) in [5.74, 6) is -0.387. The van der Waals surface area contributed by atoms with Crippen molar-refractivity contribution in [2.75, 3.05) is 23.3 Å². The maximum Gasteiger partial charge on any atom is 0.407 e. The molecule has 1 fully saturated rings. The first-order valence-electron chi connectivity index (χ1n) is 8.06. The number of piperazine rings is 1. The minimum absolute atomic E-state index is 0.0342. The average molecular weight is 422 g/mol. The topological polar surface area (TPSA) is 108 Å². The van der Waals surface area contributed by atoms with Gasteiger partial charge in [0.1, 0.15) is 21.8 Å². The number of nitrogens with zero attached hydrogens (tertiary/aromatic N) is 4. The van der Waals surface area contributed by atoms with Crippen molar-refractivity contribution in [2.45, 2.75) is 19.0 Å². The summed E-state index contributed by atoms with van der Waals surface area (Å²) in [5, 5.41) is 12.0. The van der Waals surface area contributed by atoms with Crippen LogP contribution in [0.15, 0.2) is 21.5 Å². The van der Waals surface area contributed by atoms with Crippen molar-refractivity contribution in [3.05, 3.63) is 27.1 Å². The fraction of sp³-hybridized carbons (Fsp3) is 0.375. The SMILES string of the molecule is C[C@@H]1CN2c3c(c(=O)n(C)c4ccc(Br)nc34)NC(=O)[C@H]2CN1C(=O)O. The average Bonchev–Trinajstić information content (AvgIpc) is 2.58. The Labute approximate surface area is 156 Å². The Morgan fingerprint density at radius 3 is 2.77 bits per heavy atom. The van der Waals surface area contributed by atoms with Gasteiger partial charge in [-0.1, -0.05) is 0 Å². The molecule has 0 saturated carbocycles. The molecule has 0 spiro atoms. The Balaban J connectivity index is 1.97. The van der Waals surface area contributed by atoms with Crippen LogP contribution in [-0.4, -0.2) is 56.7 Å². The zero-order chi connectivity index (χ0) is 18.7. The fourth-order valence-corrected chi connectivity index (χ4v) is 3.99. The minimum Gasteiger partial charge on any atom is -0.465 e. The van der Waals surface area contributed by atoms with E-state index in [1.54, 1.807) is 31.0 Å². The van der Waals surface area contributed by atoms with Crippen molar-refractivity contribution in [2.24, 2.45) is 7.05 Å². The van der Waals surface area contributed by atoms with Gasteiger partial charge in [0.15, 0.2) is 0 Å². The van der Waals surface area contributed by atoms with Gasteiger partial charge in [0, 0.05) is 19.6 Å². The number of hydrogen-bond acceptors (Lipinski definition) is 5. The summed E-state index contributed by atoms with van der Waals surface area (Å²) >= 11 is 3.35. The maximum absolute atomic E-state index is 12.8. The Hall–Kier alpha value is -2.62. The van der Waals surface area contributed by atoms with Crippen LogP contribution in [0.5, 0.6) is 0 Å². The molecule has 2 aromatic rings. The van der Waals surface area contributed by atoms with Crippen LogP contribution in [0.2, 0.25) is 0 Å². The third kappa shape index (κ3) is 2.28. The molecule has 2 aliphatic heterocycles. The van der Waals surface area contributed by atoms with Crippen LogP contribution >= 0.6 is 15.9 Å². The van der Waals surface area contributed by atoms with E-state index in [0.717, 1.165) is 0 Å². The lowest BCUT2D eigenvalue weighted by Crippen LogP contribution is -2.64. The predicted octanol–water partition coefficient (Wildman–Crippen LogP) is 1.21. The molecular weight excluding hydrogens is 406 g/mol. The van der Waals surface area contributed by atoms with Gasteiger partial charge in [-0.15, -0.1) is 0 Å². The summed E-state index contributed by atoms with van der Waals surface area (Å²) in [5.41, 5.74) is 1.63. The van der Waals surface area contributed by atoms with Gasteiger partial charge in [-0.05, 0) is 35.0 Å². The van der Waals surface area contributed by atoms with Gasteiger partial charge in [-0.3, -0.25) is 9.59 Å². The molecule has 2 N–H and O–H groups in total. The number of halogens is 1. The van der Waals surface area contributed by atoms with Crippen LogP contribution < -0.4 is 15.8 Å². The minimum atomic E-state index is -1.06. The highest BCUT2D eigenvalue weighted by Gasteiger charge is 2.43. The van der Waals surface area contributed by atoms with Crippen LogP contribution in [0.4, 0.5) is 16.2 Å². The highest BCUT2D eigenvalue weighted by atomic mass is 79.9. The first-order valence-corrected chi connectivity index (χ1v) is 8.85. The maximum atomic E-state index is 12.8. The Morgan fingerprint density at radius 1 is 1.35 bits per heavy atom. The van der Waals surface area contributed by atoms with E-state index in [4.69, 9.17) is 0 Å². The Kier molecular flexibility index (Phi) is 3.69. The number of nitrogens with one attached hydrogen (secondary N) is 1. The van der Waals surface area contributed by atoms with Gasteiger partial charge >= 0.3 is 6.09 Å². The van der Waals surface area contributed by atoms with Crippen LogP contribution in [-0.2, 0) is 11.8 Å². The van der Waals surface area contributed by atoms with Crippen molar-refractivity contribution < 1.29 is 14.7 Å². The van der Waals surface area contributed by atoms with E-state index in [1.165, 1.54) is 9.47 Å². The monoisotopic (exact) mass is 421 g/mol. The zero-order valence-corrected chi connectivity index (χ0v) is 15.6. The normalized spacial score (nSPS) is 22.0. The largest absolute Gasteiger partial charge is 0.465 e. The number of pyridine rings is 2. The molecule has 1 saturated heterocycles. The van der Waals surface area contributed by atoms with Crippen LogP contribution in [0.25, 0.3) is 11.0 Å². The van der Waals surface area contributed by atoms with Crippen molar-refractivity contribution in [1.29, 1.82) is 0 Å². The molecule has 136 valence electrons. The number of rotatable bonds is 0. The molecule has 4 rings (SSSR count). The molecular formula is C16H16BrN5O4. The van der Waals surface area contributed by atoms with E-state index in [9.17, 15) is 19.5 Å². The summed E-state index contributed by atoms with van der Waals surface area (Å²) in [6.07, 6.45) is -1.06. The summed E-state index contributed by atoms with van der Waals surface area (Å²) < 4.78 is 2.06.